The maximum atomic E-state index is 12.7. The Labute approximate surface area is 181 Å². The highest BCUT2D eigenvalue weighted by Crippen LogP contribution is 2.36. The molecule has 8 heteroatoms. The summed E-state index contributed by atoms with van der Waals surface area (Å²) in [5.74, 6) is 0.648. The number of halogens is 1. The third kappa shape index (κ3) is 5.43. The van der Waals surface area contributed by atoms with Gasteiger partial charge in [-0.05, 0) is 64.3 Å². The first-order chi connectivity index (χ1) is 14.3. The van der Waals surface area contributed by atoms with Gasteiger partial charge in [0, 0.05) is 12.2 Å². The van der Waals surface area contributed by atoms with Crippen molar-refractivity contribution in [2.75, 3.05) is 44.0 Å². The summed E-state index contributed by atoms with van der Waals surface area (Å²) in [6.07, 6.45) is 0.286. The second kappa shape index (κ2) is 9.82. The molecule has 0 spiro atoms. The molecule has 0 saturated carbocycles. The lowest BCUT2D eigenvalue weighted by atomic mass is 10.1. The van der Waals surface area contributed by atoms with E-state index in [0.29, 0.717) is 34.4 Å². The number of ether oxygens (including phenoxy) is 2. The van der Waals surface area contributed by atoms with Crippen LogP contribution in [0.4, 0.5) is 11.4 Å². The zero-order valence-electron chi connectivity index (χ0n) is 17.4. The Balaban J connectivity index is 1.68. The van der Waals surface area contributed by atoms with Crippen molar-refractivity contribution in [3.8, 4) is 11.5 Å². The number of hydrogen-bond donors (Lipinski definition) is 1. The number of carbonyl (C=O) groups excluding carboxylic acids is 2. The number of carbonyl (C=O) groups is 2. The van der Waals surface area contributed by atoms with Crippen LogP contribution < -0.4 is 19.7 Å². The first kappa shape index (κ1) is 21.9. The molecule has 1 heterocycles. The minimum absolute atomic E-state index is 0.0909. The Bertz CT molecular complexity index is 919. The Morgan fingerprint density at radius 1 is 1.27 bits per heavy atom. The first-order valence-corrected chi connectivity index (χ1v) is 10.2. The van der Waals surface area contributed by atoms with Crippen LogP contribution in [0.5, 0.6) is 11.5 Å². The van der Waals surface area contributed by atoms with Crippen LogP contribution in [0.2, 0.25) is 5.02 Å². The molecule has 0 saturated heterocycles. The molecule has 3 rings (SSSR count). The molecule has 0 aliphatic carbocycles. The molecule has 0 radical (unpaired) electrons. The van der Waals surface area contributed by atoms with Crippen LogP contribution >= 0.6 is 11.6 Å². The normalized spacial score (nSPS) is 15.6. The van der Waals surface area contributed by atoms with Gasteiger partial charge in [-0.1, -0.05) is 23.7 Å². The number of para-hydroxylation sites is 1. The minimum atomic E-state index is -0.540. The highest BCUT2D eigenvalue weighted by molar-refractivity contribution is 6.32. The predicted octanol–water partition coefficient (Wildman–Crippen LogP) is 3.42. The molecule has 30 heavy (non-hydrogen) atoms. The van der Waals surface area contributed by atoms with Crippen LogP contribution in [0.15, 0.2) is 42.5 Å². The van der Waals surface area contributed by atoms with Crippen molar-refractivity contribution in [1.29, 1.82) is 0 Å². The van der Waals surface area contributed by atoms with E-state index >= 15 is 0 Å². The van der Waals surface area contributed by atoms with E-state index in [1.165, 1.54) is 0 Å². The molecule has 0 aromatic heterocycles. The van der Waals surface area contributed by atoms with Gasteiger partial charge in [0.25, 0.3) is 11.8 Å². The van der Waals surface area contributed by atoms with Crippen LogP contribution in [0.1, 0.15) is 13.3 Å². The number of rotatable bonds is 8. The molecular formula is C22H26ClN3O4. The zero-order chi connectivity index (χ0) is 21.7. The fourth-order valence-corrected chi connectivity index (χ4v) is 3.35. The molecule has 0 bridgehead atoms. The number of fused-ring (bicyclic) bond motifs is 1. The Hall–Kier alpha value is -2.77. The number of amides is 2. The molecule has 1 unspecified atom stereocenters. The highest BCUT2D eigenvalue weighted by atomic mass is 35.5. The molecule has 1 aliphatic heterocycles. The fraction of sp³-hybridized carbons (Fsp3) is 0.364. The fourth-order valence-electron chi connectivity index (χ4n) is 3.16. The van der Waals surface area contributed by atoms with Gasteiger partial charge >= 0.3 is 0 Å². The summed E-state index contributed by atoms with van der Waals surface area (Å²) in [7, 11) is 3.99. The Kier molecular flexibility index (Phi) is 7.18. The third-order valence-corrected chi connectivity index (χ3v) is 4.95. The molecule has 7 nitrogen and oxygen atoms in total. The van der Waals surface area contributed by atoms with E-state index in [-0.39, 0.29) is 18.4 Å². The van der Waals surface area contributed by atoms with Gasteiger partial charge in [0.15, 0.2) is 12.7 Å². The number of anilines is 2. The summed E-state index contributed by atoms with van der Waals surface area (Å²) in [6, 6.07) is 12.2. The van der Waals surface area contributed by atoms with Crippen LogP contribution in [0.25, 0.3) is 0 Å². The maximum absolute atomic E-state index is 12.7. The molecule has 2 amide bonds. The first-order valence-electron chi connectivity index (χ1n) is 9.79. The van der Waals surface area contributed by atoms with E-state index in [1.54, 1.807) is 54.3 Å². The maximum Gasteiger partial charge on any atom is 0.267 e. The smallest absolute Gasteiger partial charge is 0.267 e. The van der Waals surface area contributed by atoms with Crippen molar-refractivity contribution in [2.24, 2.45) is 0 Å². The van der Waals surface area contributed by atoms with Crippen LogP contribution in [-0.4, -0.2) is 56.6 Å². The quantitative estimate of drug-likeness (QED) is 0.693. The molecular weight excluding hydrogens is 406 g/mol. The van der Waals surface area contributed by atoms with Crippen molar-refractivity contribution in [1.82, 2.24) is 4.90 Å². The van der Waals surface area contributed by atoms with Crippen LogP contribution in [-0.2, 0) is 9.59 Å². The summed E-state index contributed by atoms with van der Waals surface area (Å²) >= 11 is 6.04. The monoisotopic (exact) mass is 431 g/mol. The number of hydrogen-bond acceptors (Lipinski definition) is 5. The van der Waals surface area contributed by atoms with E-state index in [9.17, 15) is 9.59 Å². The van der Waals surface area contributed by atoms with Crippen molar-refractivity contribution >= 4 is 34.8 Å². The average Bonchev–Trinajstić information content (AvgIpc) is 2.70. The zero-order valence-corrected chi connectivity index (χ0v) is 18.1. The molecule has 2 aromatic rings. The van der Waals surface area contributed by atoms with Gasteiger partial charge in [0.1, 0.15) is 11.5 Å². The van der Waals surface area contributed by atoms with Crippen LogP contribution in [0, 0.1) is 0 Å². The molecule has 1 aliphatic rings. The van der Waals surface area contributed by atoms with Gasteiger partial charge < -0.3 is 24.6 Å². The van der Waals surface area contributed by atoms with Crippen LogP contribution in [0.3, 0.4) is 0 Å². The van der Waals surface area contributed by atoms with E-state index in [2.05, 4.69) is 10.2 Å². The number of benzene rings is 2. The summed E-state index contributed by atoms with van der Waals surface area (Å²) in [5, 5.41) is 3.24. The molecule has 2 aromatic carbocycles. The van der Waals surface area contributed by atoms with Gasteiger partial charge in [-0.15, -0.1) is 0 Å². The van der Waals surface area contributed by atoms with E-state index in [1.807, 2.05) is 14.1 Å². The minimum Gasteiger partial charge on any atom is -0.482 e. The topological polar surface area (TPSA) is 71.1 Å². The Morgan fingerprint density at radius 2 is 2.03 bits per heavy atom. The third-order valence-electron chi connectivity index (χ3n) is 4.63. The number of nitrogens with zero attached hydrogens (tertiary/aromatic N) is 2. The molecule has 1 atom stereocenters. The SMILES string of the molecule is CC1Oc2ccc(NC(=O)COc3ccccc3Cl)cc2N(CCCN(C)C)C1=O. The summed E-state index contributed by atoms with van der Waals surface area (Å²) < 4.78 is 11.2. The van der Waals surface area contributed by atoms with Gasteiger partial charge in [-0.3, -0.25) is 9.59 Å². The summed E-state index contributed by atoms with van der Waals surface area (Å²) in [4.78, 5) is 28.8. The van der Waals surface area contributed by atoms with Gasteiger partial charge in [0.2, 0.25) is 0 Å². The van der Waals surface area contributed by atoms with Gasteiger partial charge in [-0.2, -0.15) is 0 Å². The van der Waals surface area contributed by atoms with Crippen molar-refractivity contribution in [3.05, 3.63) is 47.5 Å². The second-order valence-electron chi connectivity index (χ2n) is 7.36. The number of nitrogens with one attached hydrogen (secondary N) is 1. The lowest BCUT2D eigenvalue weighted by Crippen LogP contribution is -2.45. The van der Waals surface area contributed by atoms with E-state index < -0.39 is 6.10 Å². The highest BCUT2D eigenvalue weighted by Gasteiger charge is 2.31. The Morgan fingerprint density at radius 3 is 2.77 bits per heavy atom. The summed E-state index contributed by atoms with van der Waals surface area (Å²) in [5.41, 5.74) is 1.21. The van der Waals surface area contributed by atoms with Crippen molar-refractivity contribution < 1.29 is 19.1 Å². The van der Waals surface area contributed by atoms with Crippen molar-refractivity contribution in [2.45, 2.75) is 19.4 Å². The average molecular weight is 432 g/mol. The van der Waals surface area contributed by atoms with E-state index in [4.69, 9.17) is 21.1 Å². The van der Waals surface area contributed by atoms with Gasteiger partial charge in [0.05, 0.1) is 10.7 Å². The largest absolute Gasteiger partial charge is 0.482 e. The lowest BCUT2D eigenvalue weighted by Gasteiger charge is -2.33. The van der Waals surface area contributed by atoms with Crippen molar-refractivity contribution in [3.63, 3.8) is 0 Å². The lowest BCUT2D eigenvalue weighted by molar-refractivity contribution is -0.125. The second-order valence-corrected chi connectivity index (χ2v) is 7.76. The molecule has 0 fully saturated rings. The predicted molar refractivity (Wildman–Crippen MR) is 118 cm³/mol. The van der Waals surface area contributed by atoms with E-state index in [0.717, 1.165) is 13.0 Å². The molecule has 160 valence electrons. The van der Waals surface area contributed by atoms with Gasteiger partial charge in [-0.25, -0.2) is 0 Å². The summed E-state index contributed by atoms with van der Waals surface area (Å²) in [6.45, 7) is 3.00. The molecule has 1 N–H and O–H groups in total. The standard InChI is InChI=1S/C22H26ClN3O4/c1-15-22(28)26(12-6-11-25(2)3)18-13-16(9-10-20(18)30-15)24-21(27)14-29-19-8-5-4-7-17(19)23/h4-5,7-10,13,15H,6,11-12,14H2,1-3H3,(H,24,27).